The lowest BCUT2D eigenvalue weighted by Crippen LogP contribution is -2.22. The molecule has 0 bridgehead atoms. The van der Waals surface area contributed by atoms with Gasteiger partial charge in [-0.1, -0.05) is 43.7 Å². The third kappa shape index (κ3) is 5.50. The van der Waals surface area contributed by atoms with Gasteiger partial charge in [0.1, 0.15) is 6.61 Å². The van der Waals surface area contributed by atoms with Gasteiger partial charge in [-0.05, 0) is 12.5 Å². The summed E-state index contributed by atoms with van der Waals surface area (Å²) in [5, 5.41) is 3.24. The molecule has 1 N–H and O–H groups in total. The Bertz CT molecular complexity index is 344. The fourth-order valence-corrected chi connectivity index (χ4v) is 1.33. The first kappa shape index (κ1) is 13.7. The molecular weight excluding hydrogens is 214 g/mol. The van der Waals surface area contributed by atoms with Crippen molar-refractivity contribution in [3.63, 3.8) is 0 Å². The molecule has 1 aromatic carbocycles. The van der Waals surface area contributed by atoms with Gasteiger partial charge in [0.25, 0.3) is 0 Å². The number of benzene rings is 1. The monoisotopic (exact) mass is 235 g/mol. The quantitative estimate of drug-likeness (QED) is 0.607. The summed E-state index contributed by atoms with van der Waals surface area (Å²) in [6, 6.07) is 8.39. The van der Waals surface area contributed by atoms with E-state index in [0.29, 0.717) is 13.2 Å². The second kappa shape index (κ2) is 7.07. The van der Waals surface area contributed by atoms with Gasteiger partial charge in [-0.3, -0.25) is 4.79 Å². The molecule has 0 aliphatic heterocycles. The Morgan fingerprint density at radius 1 is 1.29 bits per heavy atom. The molecule has 0 spiro atoms. The Balaban J connectivity index is 2.12. The average Bonchev–Trinajstić information content (AvgIpc) is 2.30. The van der Waals surface area contributed by atoms with Gasteiger partial charge in [-0.25, -0.2) is 0 Å². The highest BCUT2D eigenvalue weighted by atomic mass is 16.5. The minimum absolute atomic E-state index is 0.0490. The molecule has 3 heteroatoms. The lowest BCUT2D eigenvalue weighted by Gasteiger charge is -2.08. The van der Waals surface area contributed by atoms with Crippen LogP contribution in [0.2, 0.25) is 0 Å². The topological polar surface area (TPSA) is 38.3 Å². The highest BCUT2D eigenvalue weighted by Crippen LogP contribution is 2.02. The first-order valence-electron chi connectivity index (χ1n) is 6.02. The maximum atomic E-state index is 11.2. The molecule has 0 saturated heterocycles. The molecule has 1 aromatic rings. The van der Waals surface area contributed by atoms with Gasteiger partial charge >= 0.3 is 5.97 Å². The number of hydrogen-bond acceptors (Lipinski definition) is 3. The van der Waals surface area contributed by atoms with Crippen molar-refractivity contribution in [3.05, 3.63) is 35.4 Å². The average molecular weight is 235 g/mol. The van der Waals surface area contributed by atoms with E-state index in [1.165, 1.54) is 11.1 Å². The molecule has 0 aliphatic rings. The smallest absolute Gasteiger partial charge is 0.308 e. The number of aryl methyl sites for hydroxylation is 1. The molecule has 1 rings (SSSR count). The zero-order valence-corrected chi connectivity index (χ0v) is 10.8. The molecule has 0 radical (unpaired) electrons. The zero-order valence-electron chi connectivity index (χ0n) is 10.8. The number of esters is 1. The van der Waals surface area contributed by atoms with Gasteiger partial charge in [0.05, 0.1) is 5.92 Å². The highest BCUT2D eigenvalue weighted by molar-refractivity contribution is 5.71. The Kier molecular flexibility index (Phi) is 5.70. The first-order chi connectivity index (χ1) is 8.09. The number of rotatable bonds is 6. The van der Waals surface area contributed by atoms with Crippen LogP contribution in [0.15, 0.2) is 24.3 Å². The maximum absolute atomic E-state index is 11.2. The molecule has 0 amide bonds. The van der Waals surface area contributed by atoms with Crippen LogP contribution in [0.25, 0.3) is 0 Å². The minimum atomic E-state index is -0.137. The van der Waals surface area contributed by atoms with Crippen molar-refractivity contribution in [2.45, 2.75) is 27.3 Å². The lowest BCUT2D eigenvalue weighted by atomic mass is 10.1. The zero-order chi connectivity index (χ0) is 12.7. The number of nitrogens with one attached hydrogen (secondary N) is 1. The summed E-state index contributed by atoms with van der Waals surface area (Å²) in [6.45, 7) is 7.67. The van der Waals surface area contributed by atoms with E-state index in [2.05, 4.69) is 36.5 Å². The fraction of sp³-hybridized carbons (Fsp3) is 0.500. The van der Waals surface area contributed by atoms with Crippen molar-refractivity contribution in [1.82, 2.24) is 5.32 Å². The molecule has 94 valence electrons. The summed E-state index contributed by atoms with van der Waals surface area (Å²) in [6.07, 6.45) is 0. The van der Waals surface area contributed by atoms with Crippen molar-refractivity contribution < 1.29 is 9.53 Å². The van der Waals surface area contributed by atoms with Crippen LogP contribution in [-0.4, -0.2) is 19.1 Å². The van der Waals surface area contributed by atoms with Crippen LogP contribution in [0, 0.1) is 12.8 Å². The summed E-state index contributed by atoms with van der Waals surface area (Å²) in [5.74, 6) is -0.186. The Labute approximate surface area is 103 Å². The molecule has 0 saturated carbocycles. The van der Waals surface area contributed by atoms with Crippen molar-refractivity contribution >= 4 is 5.97 Å². The molecule has 0 aliphatic carbocycles. The standard InChI is InChI=1S/C14H21NO2/c1-11(2)14(16)17-9-8-15-10-13-6-4-12(3)5-7-13/h4-7,11,15H,8-10H2,1-3H3. The molecule has 0 atom stereocenters. The summed E-state index contributed by atoms with van der Waals surface area (Å²) < 4.78 is 5.06. The summed E-state index contributed by atoms with van der Waals surface area (Å²) in [5.41, 5.74) is 2.50. The normalized spacial score (nSPS) is 10.6. The summed E-state index contributed by atoms with van der Waals surface area (Å²) in [7, 11) is 0. The van der Waals surface area contributed by atoms with E-state index < -0.39 is 0 Å². The van der Waals surface area contributed by atoms with E-state index in [0.717, 1.165) is 6.54 Å². The van der Waals surface area contributed by atoms with E-state index >= 15 is 0 Å². The van der Waals surface area contributed by atoms with Crippen molar-refractivity contribution in [2.75, 3.05) is 13.2 Å². The van der Waals surface area contributed by atoms with Gasteiger partial charge in [0.2, 0.25) is 0 Å². The molecule has 0 fully saturated rings. The first-order valence-corrected chi connectivity index (χ1v) is 6.02. The van der Waals surface area contributed by atoms with Gasteiger partial charge in [0.15, 0.2) is 0 Å². The number of carbonyl (C=O) groups excluding carboxylic acids is 1. The molecule has 17 heavy (non-hydrogen) atoms. The molecule has 3 nitrogen and oxygen atoms in total. The third-order valence-corrected chi connectivity index (χ3v) is 2.44. The van der Waals surface area contributed by atoms with Gasteiger partial charge in [-0.15, -0.1) is 0 Å². The van der Waals surface area contributed by atoms with Crippen LogP contribution >= 0.6 is 0 Å². The van der Waals surface area contributed by atoms with E-state index in [-0.39, 0.29) is 11.9 Å². The molecule has 0 aromatic heterocycles. The van der Waals surface area contributed by atoms with Gasteiger partial charge < -0.3 is 10.1 Å². The van der Waals surface area contributed by atoms with E-state index in [1.807, 2.05) is 13.8 Å². The minimum Gasteiger partial charge on any atom is -0.464 e. The SMILES string of the molecule is Cc1ccc(CNCCOC(=O)C(C)C)cc1. The lowest BCUT2D eigenvalue weighted by molar-refractivity contribution is -0.147. The van der Waals surface area contributed by atoms with Crippen molar-refractivity contribution in [3.8, 4) is 0 Å². The maximum Gasteiger partial charge on any atom is 0.308 e. The highest BCUT2D eigenvalue weighted by Gasteiger charge is 2.06. The van der Waals surface area contributed by atoms with E-state index in [9.17, 15) is 4.79 Å². The predicted octanol–water partition coefficient (Wildman–Crippen LogP) is 2.28. The van der Waals surface area contributed by atoms with Crippen LogP contribution in [0.5, 0.6) is 0 Å². The van der Waals surface area contributed by atoms with Crippen molar-refractivity contribution in [2.24, 2.45) is 5.92 Å². The third-order valence-electron chi connectivity index (χ3n) is 2.44. The summed E-state index contributed by atoms with van der Waals surface area (Å²) in [4.78, 5) is 11.2. The van der Waals surface area contributed by atoms with Crippen LogP contribution in [-0.2, 0) is 16.1 Å². The van der Waals surface area contributed by atoms with Crippen LogP contribution in [0.3, 0.4) is 0 Å². The van der Waals surface area contributed by atoms with Gasteiger partial charge in [0, 0.05) is 13.1 Å². The molecule has 0 unspecified atom stereocenters. The second-order valence-corrected chi connectivity index (χ2v) is 4.48. The van der Waals surface area contributed by atoms with E-state index in [1.54, 1.807) is 0 Å². The van der Waals surface area contributed by atoms with Crippen LogP contribution < -0.4 is 5.32 Å². The summed E-state index contributed by atoms with van der Waals surface area (Å²) >= 11 is 0. The van der Waals surface area contributed by atoms with Gasteiger partial charge in [-0.2, -0.15) is 0 Å². The molecule has 0 heterocycles. The Morgan fingerprint density at radius 2 is 1.94 bits per heavy atom. The largest absolute Gasteiger partial charge is 0.464 e. The van der Waals surface area contributed by atoms with E-state index in [4.69, 9.17) is 4.74 Å². The number of ether oxygens (including phenoxy) is 1. The fourth-order valence-electron chi connectivity index (χ4n) is 1.33. The Hall–Kier alpha value is -1.35. The number of hydrogen-bond donors (Lipinski definition) is 1. The number of carbonyl (C=O) groups is 1. The van der Waals surface area contributed by atoms with Crippen LogP contribution in [0.1, 0.15) is 25.0 Å². The van der Waals surface area contributed by atoms with Crippen LogP contribution in [0.4, 0.5) is 0 Å². The predicted molar refractivity (Wildman–Crippen MR) is 68.7 cm³/mol. The molecular formula is C14H21NO2. The second-order valence-electron chi connectivity index (χ2n) is 4.48. The van der Waals surface area contributed by atoms with Crippen molar-refractivity contribution in [1.29, 1.82) is 0 Å². The Morgan fingerprint density at radius 3 is 2.53 bits per heavy atom.